The monoisotopic (exact) mass is 409 g/mol. The van der Waals surface area contributed by atoms with E-state index in [1.165, 1.54) is 4.88 Å². The van der Waals surface area contributed by atoms with E-state index in [9.17, 15) is 4.79 Å². The molecule has 0 atom stereocenters. The minimum absolute atomic E-state index is 0.160. The fraction of sp³-hybridized carbons (Fsp3) is 0.444. The van der Waals surface area contributed by atoms with Gasteiger partial charge in [-0.1, -0.05) is 11.6 Å². The van der Waals surface area contributed by atoms with E-state index in [1.807, 2.05) is 13.0 Å². The molecule has 2 aromatic heterocycles. The molecule has 0 aromatic carbocycles. The van der Waals surface area contributed by atoms with Crippen LogP contribution in [0.3, 0.4) is 0 Å². The minimum atomic E-state index is -0.569. The number of carbonyl (C=O) groups excluding carboxylic acids is 1. The molecule has 1 aliphatic rings. The van der Waals surface area contributed by atoms with E-state index in [-0.39, 0.29) is 5.76 Å². The van der Waals surface area contributed by atoms with Gasteiger partial charge in [0.05, 0.1) is 4.34 Å². The zero-order valence-corrected chi connectivity index (χ0v) is 16.9. The molecule has 3 rings (SSSR count). The number of nitrogens with zero attached hydrogens (tertiary/aromatic N) is 3. The number of hydrogen-bond acceptors (Lipinski definition) is 5. The van der Waals surface area contributed by atoms with Gasteiger partial charge in [0.2, 0.25) is 0 Å². The summed E-state index contributed by atoms with van der Waals surface area (Å²) in [5, 5.41) is 3.33. The van der Waals surface area contributed by atoms with Crippen LogP contribution in [0.2, 0.25) is 4.34 Å². The molecule has 2 aromatic rings. The number of amides is 1. The summed E-state index contributed by atoms with van der Waals surface area (Å²) in [7, 11) is 0. The average molecular weight is 410 g/mol. The van der Waals surface area contributed by atoms with Gasteiger partial charge < -0.3 is 20.4 Å². The summed E-state index contributed by atoms with van der Waals surface area (Å²) in [4.78, 5) is 21.7. The van der Waals surface area contributed by atoms with E-state index in [0.29, 0.717) is 12.3 Å². The van der Waals surface area contributed by atoms with Gasteiger partial charge in [-0.3, -0.25) is 9.69 Å². The molecule has 0 bridgehead atoms. The summed E-state index contributed by atoms with van der Waals surface area (Å²) >= 11 is 7.65. The van der Waals surface area contributed by atoms with Crippen molar-refractivity contribution in [3.63, 3.8) is 0 Å². The minimum Gasteiger partial charge on any atom is -0.454 e. The second kappa shape index (κ2) is 9.25. The van der Waals surface area contributed by atoms with Crippen LogP contribution in [0, 0.1) is 0 Å². The molecule has 0 unspecified atom stereocenters. The maximum Gasteiger partial charge on any atom is 0.284 e. The van der Waals surface area contributed by atoms with Gasteiger partial charge in [-0.15, -0.1) is 11.3 Å². The largest absolute Gasteiger partial charge is 0.454 e. The topological polar surface area (TPSA) is 87.1 Å². The van der Waals surface area contributed by atoms with Gasteiger partial charge in [0.1, 0.15) is 12.3 Å². The lowest BCUT2D eigenvalue weighted by Crippen LogP contribution is -2.52. The molecule has 7 nitrogen and oxygen atoms in total. The Balaban J connectivity index is 1.56. The van der Waals surface area contributed by atoms with Gasteiger partial charge in [-0.05, 0) is 31.2 Å². The fourth-order valence-corrected chi connectivity index (χ4v) is 4.08. The van der Waals surface area contributed by atoms with Crippen molar-refractivity contribution in [1.82, 2.24) is 15.1 Å². The molecule has 0 spiro atoms. The molecule has 9 heteroatoms. The number of hydrogen-bond donors (Lipinski definition) is 2. The van der Waals surface area contributed by atoms with Gasteiger partial charge in [0, 0.05) is 44.1 Å². The lowest BCUT2D eigenvalue weighted by Gasteiger charge is -2.36. The summed E-state index contributed by atoms with van der Waals surface area (Å²) in [6.45, 7) is 7.86. The number of aliphatic imine (C=N–C) groups is 1. The second-order valence-corrected chi connectivity index (χ2v) is 8.07. The van der Waals surface area contributed by atoms with Crippen molar-refractivity contribution >= 4 is 34.8 Å². The third kappa shape index (κ3) is 5.47. The highest BCUT2D eigenvalue weighted by atomic mass is 35.5. The first-order chi connectivity index (χ1) is 13.0. The van der Waals surface area contributed by atoms with Crippen LogP contribution in [0.1, 0.15) is 28.1 Å². The Morgan fingerprint density at radius 3 is 2.67 bits per heavy atom. The van der Waals surface area contributed by atoms with Crippen LogP contribution in [0.15, 0.2) is 33.7 Å². The van der Waals surface area contributed by atoms with Crippen molar-refractivity contribution in [2.45, 2.75) is 20.0 Å². The Morgan fingerprint density at radius 1 is 1.30 bits per heavy atom. The fourth-order valence-electron chi connectivity index (χ4n) is 2.95. The molecule has 1 aliphatic heterocycles. The van der Waals surface area contributed by atoms with Crippen LogP contribution in [0.4, 0.5) is 0 Å². The smallest absolute Gasteiger partial charge is 0.284 e. The lowest BCUT2D eigenvalue weighted by molar-refractivity contribution is 0.0972. The van der Waals surface area contributed by atoms with Crippen molar-refractivity contribution < 1.29 is 9.21 Å². The highest BCUT2D eigenvalue weighted by Gasteiger charge is 2.20. The predicted molar refractivity (Wildman–Crippen MR) is 108 cm³/mol. The van der Waals surface area contributed by atoms with Crippen molar-refractivity contribution in [2.24, 2.45) is 10.7 Å². The van der Waals surface area contributed by atoms with Crippen LogP contribution >= 0.6 is 22.9 Å². The Morgan fingerprint density at radius 2 is 2.07 bits per heavy atom. The molecular weight excluding hydrogens is 386 g/mol. The van der Waals surface area contributed by atoms with Crippen LogP contribution < -0.4 is 11.1 Å². The number of primary amides is 1. The summed E-state index contributed by atoms with van der Waals surface area (Å²) in [6.07, 6.45) is 0. The number of halogens is 1. The second-order valence-electron chi connectivity index (χ2n) is 6.27. The predicted octanol–water partition coefficient (Wildman–Crippen LogP) is 2.38. The number of thiophene rings is 1. The number of nitrogens with one attached hydrogen (secondary N) is 1. The first-order valence-corrected chi connectivity index (χ1v) is 10.1. The third-order valence-corrected chi connectivity index (χ3v) is 5.52. The molecule has 1 amide bonds. The maximum absolute atomic E-state index is 11.1. The van der Waals surface area contributed by atoms with Gasteiger partial charge in [-0.2, -0.15) is 0 Å². The standard InChI is InChI=1S/C18H24ClN5O2S/c1-2-21-18(22-11-13-3-5-15(26-13)17(20)25)24-9-7-23(8-10-24)12-14-4-6-16(19)27-14/h3-6H,2,7-12H2,1H3,(H2,20,25)(H,21,22). The number of carbonyl (C=O) groups is 1. The molecule has 1 fully saturated rings. The van der Waals surface area contributed by atoms with Gasteiger partial charge in [0.15, 0.2) is 11.7 Å². The number of furan rings is 1. The molecule has 3 heterocycles. The molecule has 0 radical (unpaired) electrons. The van der Waals surface area contributed by atoms with Crippen LogP contribution in [0.5, 0.6) is 0 Å². The highest BCUT2D eigenvalue weighted by Crippen LogP contribution is 2.23. The normalized spacial score (nSPS) is 15.9. The maximum atomic E-state index is 11.1. The Kier molecular flexibility index (Phi) is 6.76. The van der Waals surface area contributed by atoms with Gasteiger partial charge >= 0.3 is 0 Å². The first kappa shape index (κ1) is 19.7. The quantitative estimate of drug-likeness (QED) is 0.565. The van der Waals surface area contributed by atoms with E-state index in [2.05, 4.69) is 26.2 Å². The van der Waals surface area contributed by atoms with Crippen LogP contribution in [-0.4, -0.2) is 54.4 Å². The summed E-state index contributed by atoms with van der Waals surface area (Å²) in [6, 6.07) is 7.35. The third-order valence-electron chi connectivity index (χ3n) is 4.30. The van der Waals surface area contributed by atoms with E-state index < -0.39 is 5.91 Å². The zero-order chi connectivity index (χ0) is 19.2. The van der Waals surface area contributed by atoms with E-state index >= 15 is 0 Å². The zero-order valence-electron chi connectivity index (χ0n) is 15.3. The highest BCUT2D eigenvalue weighted by molar-refractivity contribution is 7.16. The number of piperazine rings is 1. The summed E-state index contributed by atoms with van der Waals surface area (Å²) in [5.74, 6) is 1.06. The Hall–Kier alpha value is -2.03. The van der Waals surface area contributed by atoms with Crippen molar-refractivity contribution in [3.8, 4) is 0 Å². The first-order valence-electron chi connectivity index (χ1n) is 8.93. The molecule has 1 saturated heterocycles. The molecule has 146 valence electrons. The number of guanidine groups is 1. The van der Waals surface area contributed by atoms with Crippen molar-refractivity contribution in [2.75, 3.05) is 32.7 Å². The van der Waals surface area contributed by atoms with Crippen LogP contribution in [-0.2, 0) is 13.1 Å². The van der Waals surface area contributed by atoms with Crippen molar-refractivity contribution in [3.05, 3.63) is 45.0 Å². The van der Waals surface area contributed by atoms with Gasteiger partial charge in [0.25, 0.3) is 5.91 Å². The summed E-state index contributed by atoms with van der Waals surface area (Å²) in [5.41, 5.74) is 5.22. The lowest BCUT2D eigenvalue weighted by atomic mass is 10.3. The summed E-state index contributed by atoms with van der Waals surface area (Å²) < 4.78 is 6.24. The van der Waals surface area contributed by atoms with E-state index in [4.69, 9.17) is 21.8 Å². The molecule has 27 heavy (non-hydrogen) atoms. The van der Waals surface area contributed by atoms with E-state index in [1.54, 1.807) is 23.5 Å². The average Bonchev–Trinajstić information content (AvgIpc) is 3.28. The Labute approximate surface area is 167 Å². The molecule has 0 saturated carbocycles. The number of nitrogens with two attached hydrogens (primary N) is 1. The molecule has 0 aliphatic carbocycles. The Bertz CT molecular complexity index is 795. The van der Waals surface area contributed by atoms with Crippen LogP contribution in [0.25, 0.3) is 0 Å². The van der Waals surface area contributed by atoms with Gasteiger partial charge in [-0.25, -0.2) is 4.99 Å². The van der Waals surface area contributed by atoms with E-state index in [0.717, 1.165) is 49.6 Å². The SMILES string of the molecule is CCNC(=NCc1ccc(C(N)=O)o1)N1CCN(Cc2ccc(Cl)s2)CC1. The van der Waals surface area contributed by atoms with Crippen molar-refractivity contribution in [1.29, 1.82) is 0 Å². The molecule has 3 N–H and O–H groups in total. The number of rotatable bonds is 6. The molecular formula is C18H24ClN5O2S.